The molecule has 3 rings (SSSR count). The summed E-state index contributed by atoms with van der Waals surface area (Å²) < 4.78 is 5.63. The predicted molar refractivity (Wildman–Crippen MR) is 79.9 cm³/mol. The molecule has 0 aliphatic heterocycles. The number of ether oxygens (including phenoxy) is 1. The Morgan fingerprint density at radius 3 is 2.29 bits per heavy atom. The van der Waals surface area contributed by atoms with Crippen LogP contribution >= 0.6 is 0 Å². The highest BCUT2D eigenvalue weighted by Crippen LogP contribution is 2.24. The zero-order valence-corrected chi connectivity index (χ0v) is 11.3. The Morgan fingerprint density at radius 1 is 0.857 bits per heavy atom. The minimum atomic E-state index is -0.156. The van der Waals surface area contributed by atoms with Crippen LogP contribution in [0, 0.1) is 0 Å². The maximum Gasteiger partial charge on any atom is 0.238 e. The molecule has 4 heteroatoms. The number of hydrogen-bond acceptors (Lipinski definition) is 4. The zero-order chi connectivity index (χ0) is 14.5. The first kappa shape index (κ1) is 13.3. The van der Waals surface area contributed by atoms with E-state index in [0.717, 1.165) is 11.1 Å². The quantitative estimate of drug-likeness (QED) is 0.794. The molecule has 0 aliphatic rings. The maximum atomic E-state index is 9.03. The summed E-state index contributed by atoms with van der Waals surface area (Å²) in [5, 5.41) is 9.03. The van der Waals surface area contributed by atoms with Crippen molar-refractivity contribution in [3.05, 3.63) is 72.7 Å². The second-order valence-electron chi connectivity index (χ2n) is 4.50. The number of nitrogens with zero attached hydrogens (tertiary/aromatic N) is 2. The Labute approximate surface area is 122 Å². The zero-order valence-electron chi connectivity index (χ0n) is 11.3. The standard InChI is InChI=1S/C17H14N2O2/c20-12-15-10-18-11-17(19-15)21-16-8-6-14(7-9-16)13-4-2-1-3-5-13/h1-11,20H,12H2. The normalized spacial score (nSPS) is 10.3. The molecule has 1 aromatic heterocycles. The maximum absolute atomic E-state index is 9.03. The number of rotatable bonds is 4. The van der Waals surface area contributed by atoms with Gasteiger partial charge in [-0.3, -0.25) is 4.98 Å². The average molecular weight is 278 g/mol. The minimum absolute atomic E-state index is 0.156. The highest BCUT2D eigenvalue weighted by atomic mass is 16.5. The molecule has 1 N–H and O–H groups in total. The van der Waals surface area contributed by atoms with Gasteiger partial charge in [0.05, 0.1) is 24.7 Å². The van der Waals surface area contributed by atoms with Crippen molar-refractivity contribution < 1.29 is 9.84 Å². The van der Waals surface area contributed by atoms with Gasteiger partial charge < -0.3 is 9.84 Å². The van der Waals surface area contributed by atoms with Crippen LogP contribution in [-0.4, -0.2) is 15.1 Å². The van der Waals surface area contributed by atoms with Gasteiger partial charge in [0.2, 0.25) is 5.88 Å². The highest BCUT2D eigenvalue weighted by molar-refractivity contribution is 5.63. The fourth-order valence-corrected chi connectivity index (χ4v) is 1.98. The first-order valence-corrected chi connectivity index (χ1v) is 6.60. The van der Waals surface area contributed by atoms with Gasteiger partial charge in [0, 0.05) is 0 Å². The fourth-order valence-electron chi connectivity index (χ4n) is 1.98. The Hall–Kier alpha value is -2.72. The number of aromatic nitrogens is 2. The molecule has 0 bridgehead atoms. The molecule has 4 nitrogen and oxygen atoms in total. The molecule has 2 aromatic carbocycles. The van der Waals surface area contributed by atoms with Crippen molar-refractivity contribution in [2.75, 3.05) is 0 Å². The SMILES string of the molecule is OCc1cncc(Oc2ccc(-c3ccccc3)cc2)n1. The van der Waals surface area contributed by atoms with E-state index in [1.807, 2.05) is 42.5 Å². The van der Waals surface area contributed by atoms with Crippen LogP contribution in [0.25, 0.3) is 11.1 Å². The van der Waals surface area contributed by atoms with Gasteiger partial charge in [-0.25, -0.2) is 4.98 Å². The summed E-state index contributed by atoms with van der Waals surface area (Å²) in [6, 6.07) is 17.9. The Morgan fingerprint density at radius 2 is 1.57 bits per heavy atom. The van der Waals surface area contributed by atoms with Gasteiger partial charge in [-0.2, -0.15) is 0 Å². The molecular formula is C17H14N2O2. The molecule has 0 radical (unpaired) electrons. The second kappa shape index (κ2) is 6.15. The lowest BCUT2D eigenvalue weighted by molar-refractivity contribution is 0.274. The van der Waals surface area contributed by atoms with E-state index in [1.54, 1.807) is 0 Å². The molecule has 1 heterocycles. The Balaban J connectivity index is 1.78. The molecule has 0 aliphatic carbocycles. The number of hydrogen-bond donors (Lipinski definition) is 1. The second-order valence-corrected chi connectivity index (χ2v) is 4.50. The molecule has 0 atom stereocenters. The summed E-state index contributed by atoms with van der Waals surface area (Å²) in [6.07, 6.45) is 3.02. The largest absolute Gasteiger partial charge is 0.437 e. The van der Waals surface area contributed by atoms with E-state index in [9.17, 15) is 0 Å². The smallest absolute Gasteiger partial charge is 0.238 e. The van der Waals surface area contributed by atoms with Crippen LogP contribution < -0.4 is 4.74 Å². The van der Waals surface area contributed by atoms with Gasteiger partial charge in [-0.05, 0) is 23.3 Å². The van der Waals surface area contributed by atoms with E-state index in [4.69, 9.17) is 9.84 Å². The van der Waals surface area contributed by atoms with E-state index < -0.39 is 0 Å². The topological polar surface area (TPSA) is 55.2 Å². The van der Waals surface area contributed by atoms with Gasteiger partial charge in [0.1, 0.15) is 5.75 Å². The van der Waals surface area contributed by atoms with Crippen molar-refractivity contribution in [2.24, 2.45) is 0 Å². The van der Waals surface area contributed by atoms with Gasteiger partial charge in [0.15, 0.2) is 0 Å². The fraction of sp³-hybridized carbons (Fsp3) is 0.0588. The number of aliphatic hydroxyl groups excluding tert-OH is 1. The third-order valence-corrected chi connectivity index (χ3v) is 3.01. The van der Waals surface area contributed by atoms with Gasteiger partial charge in [0.25, 0.3) is 0 Å². The summed E-state index contributed by atoms with van der Waals surface area (Å²) in [6.45, 7) is -0.156. The lowest BCUT2D eigenvalue weighted by Gasteiger charge is -2.06. The van der Waals surface area contributed by atoms with Crippen molar-refractivity contribution in [3.8, 4) is 22.8 Å². The molecule has 0 spiro atoms. The molecular weight excluding hydrogens is 264 g/mol. The third kappa shape index (κ3) is 3.24. The van der Waals surface area contributed by atoms with E-state index >= 15 is 0 Å². The van der Waals surface area contributed by atoms with Crippen molar-refractivity contribution in [2.45, 2.75) is 6.61 Å². The van der Waals surface area contributed by atoms with E-state index in [1.165, 1.54) is 12.4 Å². The lowest BCUT2D eigenvalue weighted by Crippen LogP contribution is -1.94. The van der Waals surface area contributed by atoms with E-state index in [-0.39, 0.29) is 6.61 Å². The Bertz CT molecular complexity index is 712. The lowest BCUT2D eigenvalue weighted by atomic mass is 10.1. The monoisotopic (exact) mass is 278 g/mol. The van der Waals surface area contributed by atoms with E-state index in [2.05, 4.69) is 22.1 Å². The Kier molecular flexibility index (Phi) is 3.89. The van der Waals surface area contributed by atoms with Crippen LogP contribution in [0.3, 0.4) is 0 Å². The first-order valence-electron chi connectivity index (χ1n) is 6.60. The molecule has 0 fully saturated rings. The summed E-state index contributed by atoms with van der Waals surface area (Å²) in [7, 11) is 0. The van der Waals surface area contributed by atoms with Crippen LogP contribution in [0.15, 0.2) is 67.0 Å². The number of aliphatic hydroxyl groups is 1. The average Bonchev–Trinajstić information content (AvgIpc) is 2.56. The highest BCUT2D eigenvalue weighted by Gasteiger charge is 2.02. The van der Waals surface area contributed by atoms with Gasteiger partial charge in [-0.1, -0.05) is 42.5 Å². The first-order chi connectivity index (χ1) is 10.3. The van der Waals surface area contributed by atoms with Crippen LogP contribution in [0.1, 0.15) is 5.69 Å². The molecule has 104 valence electrons. The summed E-state index contributed by atoms with van der Waals surface area (Å²) in [5.74, 6) is 1.05. The van der Waals surface area contributed by atoms with Crippen LogP contribution in [0.2, 0.25) is 0 Å². The van der Waals surface area contributed by atoms with Crippen LogP contribution in [0.4, 0.5) is 0 Å². The molecule has 0 unspecified atom stereocenters. The van der Waals surface area contributed by atoms with Crippen LogP contribution in [-0.2, 0) is 6.61 Å². The van der Waals surface area contributed by atoms with Crippen molar-refractivity contribution in [1.29, 1.82) is 0 Å². The van der Waals surface area contributed by atoms with Gasteiger partial charge >= 0.3 is 0 Å². The number of benzene rings is 2. The summed E-state index contributed by atoms with van der Waals surface area (Å²) >= 11 is 0. The molecule has 3 aromatic rings. The molecule has 0 saturated carbocycles. The van der Waals surface area contributed by atoms with Crippen molar-refractivity contribution in [3.63, 3.8) is 0 Å². The molecule has 0 amide bonds. The third-order valence-electron chi connectivity index (χ3n) is 3.01. The minimum Gasteiger partial charge on any atom is -0.437 e. The predicted octanol–water partition coefficient (Wildman–Crippen LogP) is 3.43. The van der Waals surface area contributed by atoms with Crippen molar-refractivity contribution >= 4 is 0 Å². The van der Waals surface area contributed by atoms with Crippen LogP contribution in [0.5, 0.6) is 11.6 Å². The molecule has 0 saturated heterocycles. The van der Waals surface area contributed by atoms with E-state index in [0.29, 0.717) is 17.3 Å². The summed E-state index contributed by atoms with van der Waals surface area (Å²) in [5.41, 5.74) is 2.76. The molecule has 21 heavy (non-hydrogen) atoms. The summed E-state index contributed by atoms with van der Waals surface area (Å²) in [4.78, 5) is 8.10. The van der Waals surface area contributed by atoms with Crippen molar-refractivity contribution in [1.82, 2.24) is 9.97 Å². The van der Waals surface area contributed by atoms with Gasteiger partial charge in [-0.15, -0.1) is 0 Å².